The Hall–Kier alpha value is -1.59. The van der Waals surface area contributed by atoms with E-state index in [0.717, 1.165) is 37.3 Å². The molecular weight excluding hydrogens is 268 g/mol. The van der Waals surface area contributed by atoms with Gasteiger partial charge in [-0.25, -0.2) is 0 Å². The Morgan fingerprint density at radius 3 is 2.86 bits per heavy atom. The smallest absolute Gasteiger partial charge is 0.239 e. The van der Waals surface area contributed by atoms with Crippen molar-refractivity contribution in [3.63, 3.8) is 0 Å². The van der Waals surface area contributed by atoms with Gasteiger partial charge < -0.3 is 20.1 Å². The van der Waals surface area contributed by atoms with E-state index in [4.69, 9.17) is 4.74 Å². The highest BCUT2D eigenvalue weighted by atomic mass is 16.5. The lowest BCUT2D eigenvalue weighted by Crippen LogP contribution is -2.45. The molecular formula is C16H22N2O3. The highest BCUT2D eigenvalue weighted by Gasteiger charge is 2.25. The first kappa shape index (κ1) is 14.4. The van der Waals surface area contributed by atoms with Crippen LogP contribution in [0.4, 0.5) is 5.69 Å². The number of hydrogen-bond acceptors (Lipinski definition) is 4. The fourth-order valence-electron chi connectivity index (χ4n) is 3.06. The van der Waals surface area contributed by atoms with Gasteiger partial charge in [-0.3, -0.25) is 4.79 Å². The minimum absolute atomic E-state index is 0.0492. The number of rotatable bonds is 3. The van der Waals surface area contributed by atoms with E-state index < -0.39 is 6.10 Å². The van der Waals surface area contributed by atoms with Gasteiger partial charge in [-0.1, -0.05) is 18.2 Å². The summed E-state index contributed by atoms with van der Waals surface area (Å²) in [6, 6.07) is 8.01. The van der Waals surface area contributed by atoms with Crippen molar-refractivity contribution >= 4 is 11.6 Å². The molecule has 0 aromatic heterocycles. The maximum atomic E-state index is 12.2. The van der Waals surface area contributed by atoms with Crippen molar-refractivity contribution in [2.24, 2.45) is 0 Å². The molecule has 1 atom stereocenters. The van der Waals surface area contributed by atoms with Crippen LogP contribution in [0.3, 0.4) is 0 Å². The standard InChI is InChI=1S/C16H22N2O3/c19-15-5-8-18(14-4-2-1-3-13(14)15)11-16(20)17-12-6-9-21-10-7-12/h1-4,12,15,19H,5-11H2,(H,17,20). The largest absolute Gasteiger partial charge is 0.388 e. The zero-order valence-corrected chi connectivity index (χ0v) is 12.1. The molecule has 114 valence electrons. The highest BCUT2D eigenvalue weighted by molar-refractivity contribution is 5.82. The van der Waals surface area contributed by atoms with Gasteiger partial charge in [-0.2, -0.15) is 0 Å². The number of nitrogens with one attached hydrogen (secondary N) is 1. The van der Waals surface area contributed by atoms with Crippen LogP contribution in [0, 0.1) is 0 Å². The number of ether oxygens (including phenoxy) is 1. The van der Waals surface area contributed by atoms with Crippen molar-refractivity contribution in [1.29, 1.82) is 0 Å². The molecule has 3 rings (SSSR count). The molecule has 21 heavy (non-hydrogen) atoms. The van der Waals surface area contributed by atoms with E-state index in [1.165, 1.54) is 0 Å². The van der Waals surface area contributed by atoms with Gasteiger partial charge in [0.2, 0.25) is 5.91 Å². The summed E-state index contributed by atoms with van der Waals surface area (Å²) in [6.07, 6.45) is 2.03. The molecule has 1 fully saturated rings. The van der Waals surface area contributed by atoms with Crippen molar-refractivity contribution in [3.8, 4) is 0 Å². The first-order chi connectivity index (χ1) is 10.2. The summed E-state index contributed by atoms with van der Waals surface area (Å²) in [5.41, 5.74) is 1.89. The predicted octanol–water partition coefficient (Wildman–Crippen LogP) is 1.23. The van der Waals surface area contributed by atoms with Gasteiger partial charge in [0, 0.05) is 37.1 Å². The highest BCUT2D eigenvalue weighted by Crippen LogP contribution is 2.33. The number of benzene rings is 1. The molecule has 2 N–H and O–H groups in total. The SMILES string of the molecule is O=C(CN1CCC(O)c2ccccc21)NC1CCOCC1. The Balaban J connectivity index is 1.62. The summed E-state index contributed by atoms with van der Waals surface area (Å²) in [4.78, 5) is 14.3. The van der Waals surface area contributed by atoms with Crippen LogP contribution in [0.25, 0.3) is 0 Å². The number of para-hydroxylation sites is 1. The molecule has 5 nitrogen and oxygen atoms in total. The molecule has 1 aromatic rings. The van der Waals surface area contributed by atoms with Crippen LogP contribution in [0.15, 0.2) is 24.3 Å². The molecule has 0 saturated carbocycles. The van der Waals surface area contributed by atoms with E-state index in [1.54, 1.807) is 0 Å². The van der Waals surface area contributed by atoms with E-state index in [9.17, 15) is 9.90 Å². The quantitative estimate of drug-likeness (QED) is 0.879. The van der Waals surface area contributed by atoms with E-state index in [-0.39, 0.29) is 11.9 Å². The van der Waals surface area contributed by atoms with Gasteiger partial charge in [-0.05, 0) is 25.3 Å². The number of carbonyl (C=O) groups excluding carboxylic acids is 1. The van der Waals surface area contributed by atoms with Crippen LogP contribution < -0.4 is 10.2 Å². The van der Waals surface area contributed by atoms with Crippen LogP contribution >= 0.6 is 0 Å². The van der Waals surface area contributed by atoms with Crippen molar-refractivity contribution in [1.82, 2.24) is 5.32 Å². The number of hydrogen-bond donors (Lipinski definition) is 2. The average Bonchev–Trinajstić information content (AvgIpc) is 2.51. The zero-order chi connectivity index (χ0) is 14.7. The van der Waals surface area contributed by atoms with Crippen LogP contribution in [0.5, 0.6) is 0 Å². The number of aliphatic hydroxyl groups excluding tert-OH is 1. The molecule has 2 aliphatic heterocycles. The Bertz CT molecular complexity index is 500. The number of aliphatic hydroxyl groups is 1. The molecule has 1 saturated heterocycles. The summed E-state index contributed by atoms with van der Waals surface area (Å²) < 4.78 is 5.30. The summed E-state index contributed by atoms with van der Waals surface area (Å²) in [5.74, 6) is 0.0492. The normalized spacial score (nSPS) is 22.7. The summed E-state index contributed by atoms with van der Waals surface area (Å²) >= 11 is 0. The van der Waals surface area contributed by atoms with Crippen LogP contribution in [0.1, 0.15) is 30.9 Å². The number of carbonyl (C=O) groups is 1. The van der Waals surface area contributed by atoms with E-state index in [2.05, 4.69) is 10.2 Å². The Kier molecular flexibility index (Phi) is 4.41. The third-order valence-corrected chi connectivity index (χ3v) is 4.23. The van der Waals surface area contributed by atoms with Crippen LogP contribution in [-0.2, 0) is 9.53 Å². The lowest BCUT2D eigenvalue weighted by Gasteiger charge is -2.34. The molecule has 1 aromatic carbocycles. The topological polar surface area (TPSA) is 61.8 Å². The first-order valence-corrected chi connectivity index (χ1v) is 7.63. The van der Waals surface area contributed by atoms with E-state index >= 15 is 0 Å². The molecule has 0 radical (unpaired) electrons. The van der Waals surface area contributed by atoms with Crippen molar-refractivity contribution < 1.29 is 14.6 Å². The van der Waals surface area contributed by atoms with Crippen LogP contribution in [-0.4, -0.2) is 43.4 Å². The van der Waals surface area contributed by atoms with Gasteiger partial charge in [-0.15, -0.1) is 0 Å². The molecule has 0 bridgehead atoms. The number of fused-ring (bicyclic) bond motifs is 1. The monoisotopic (exact) mass is 290 g/mol. The fraction of sp³-hybridized carbons (Fsp3) is 0.562. The second-order valence-electron chi connectivity index (χ2n) is 5.74. The third kappa shape index (κ3) is 3.36. The number of amides is 1. The van der Waals surface area contributed by atoms with Gasteiger partial charge in [0.25, 0.3) is 0 Å². The predicted molar refractivity (Wildman–Crippen MR) is 80.2 cm³/mol. The molecule has 0 spiro atoms. The molecule has 0 aliphatic carbocycles. The minimum atomic E-state index is -0.420. The van der Waals surface area contributed by atoms with Crippen molar-refractivity contribution in [2.75, 3.05) is 31.2 Å². The second kappa shape index (κ2) is 6.45. The lowest BCUT2D eigenvalue weighted by atomic mass is 9.99. The summed E-state index contributed by atoms with van der Waals surface area (Å²) in [5, 5.41) is 13.1. The average molecular weight is 290 g/mol. The third-order valence-electron chi connectivity index (χ3n) is 4.23. The maximum Gasteiger partial charge on any atom is 0.239 e. The number of anilines is 1. The Morgan fingerprint density at radius 1 is 1.29 bits per heavy atom. The molecule has 2 aliphatic rings. The lowest BCUT2D eigenvalue weighted by molar-refractivity contribution is -0.121. The molecule has 2 heterocycles. The Morgan fingerprint density at radius 2 is 2.05 bits per heavy atom. The van der Waals surface area contributed by atoms with Crippen LogP contribution in [0.2, 0.25) is 0 Å². The zero-order valence-electron chi connectivity index (χ0n) is 12.1. The number of nitrogens with zero attached hydrogens (tertiary/aromatic N) is 1. The van der Waals surface area contributed by atoms with Crippen molar-refractivity contribution in [3.05, 3.63) is 29.8 Å². The maximum absolute atomic E-state index is 12.2. The van der Waals surface area contributed by atoms with Gasteiger partial charge in [0.05, 0.1) is 12.6 Å². The van der Waals surface area contributed by atoms with Gasteiger partial charge in [0.1, 0.15) is 0 Å². The first-order valence-electron chi connectivity index (χ1n) is 7.63. The Labute approximate surface area is 124 Å². The summed E-state index contributed by atoms with van der Waals surface area (Å²) in [6.45, 7) is 2.51. The van der Waals surface area contributed by atoms with Gasteiger partial charge in [0.15, 0.2) is 0 Å². The molecule has 1 unspecified atom stereocenters. The van der Waals surface area contributed by atoms with E-state index in [0.29, 0.717) is 19.5 Å². The fourth-order valence-corrected chi connectivity index (χ4v) is 3.06. The van der Waals surface area contributed by atoms with Gasteiger partial charge >= 0.3 is 0 Å². The van der Waals surface area contributed by atoms with Crippen molar-refractivity contribution in [2.45, 2.75) is 31.4 Å². The summed E-state index contributed by atoms with van der Waals surface area (Å²) in [7, 11) is 0. The molecule has 5 heteroatoms. The second-order valence-corrected chi connectivity index (χ2v) is 5.74. The minimum Gasteiger partial charge on any atom is -0.388 e. The van der Waals surface area contributed by atoms with E-state index in [1.807, 2.05) is 24.3 Å². The molecule has 1 amide bonds.